The minimum Gasteiger partial charge on any atom is -0.492 e. The second kappa shape index (κ2) is 6.54. The first-order valence-corrected chi connectivity index (χ1v) is 7.87. The van der Waals surface area contributed by atoms with Crippen molar-refractivity contribution in [1.29, 1.82) is 0 Å². The summed E-state index contributed by atoms with van der Waals surface area (Å²) in [4.78, 5) is 4.93. The van der Waals surface area contributed by atoms with Crippen LogP contribution in [-0.2, 0) is 4.74 Å². The van der Waals surface area contributed by atoms with Gasteiger partial charge in [-0.2, -0.15) is 0 Å². The average Bonchev–Trinajstić information content (AvgIpc) is 3.00. The summed E-state index contributed by atoms with van der Waals surface area (Å²) in [6, 6.07) is 6.68. The van der Waals surface area contributed by atoms with Crippen LogP contribution in [0.25, 0.3) is 0 Å². The molecule has 116 valence electrons. The molecule has 0 aromatic heterocycles. The van der Waals surface area contributed by atoms with Crippen molar-refractivity contribution in [3.63, 3.8) is 0 Å². The SMILES string of the molecule is CCOc1cccc(N2CCC(N3CCOCC3)C2)c1N. The molecular weight excluding hydrogens is 266 g/mol. The fourth-order valence-corrected chi connectivity index (χ4v) is 3.29. The summed E-state index contributed by atoms with van der Waals surface area (Å²) in [6.07, 6.45) is 1.19. The van der Waals surface area contributed by atoms with E-state index in [2.05, 4.69) is 15.9 Å². The third kappa shape index (κ3) is 3.09. The van der Waals surface area contributed by atoms with Crippen molar-refractivity contribution >= 4 is 11.4 Å². The first kappa shape index (κ1) is 14.5. The monoisotopic (exact) mass is 291 g/mol. The van der Waals surface area contributed by atoms with Gasteiger partial charge in [0.25, 0.3) is 0 Å². The molecule has 21 heavy (non-hydrogen) atoms. The van der Waals surface area contributed by atoms with E-state index in [1.807, 2.05) is 19.1 Å². The van der Waals surface area contributed by atoms with Crippen LogP contribution in [0, 0.1) is 0 Å². The van der Waals surface area contributed by atoms with Crippen LogP contribution in [0.2, 0.25) is 0 Å². The van der Waals surface area contributed by atoms with E-state index in [-0.39, 0.29) is 0 Å². The lowest BCUT2D eigenvalue weighted by atomic mass is 10.2. The van der Waals surface area contributed by atoms with Crippen molar-refractivity contribution < 1.29 is 9.47 Å². The zero-order valence-electron chi connectivity index (χ0n) is 12.8. The predicted molar refractivity (Wildman–Crippen MR) is 85.0 cm³/mol. The highest BCUT2D eigenvalue weighted by Crippen LogP contribution is 2.34. The Hall–Kier alpha value is -1.46. The summed E-state index contributed by atoms with van der Waals surface area (Å²) >= 11 is 0. The molecule has 2 aliphatic rings. The molecule has 3 rings (SSSR count). The summed E-state index contributed by atoms with van der Waals surface area (Å²) in [5.74, 6) is 0.796. The van der Waals surface area contributed by atoms with E-state index < -0.39 is 0 Å². The van der Waals surface area contributed by atoms with Crippen LogP contribution < -0.4 is 15.4 Å². The fraction of sp³-hybridized carbons (Fsp3) is 0.625. The maximum Gasteiger partial charge on any atom is 0.144 e. The first-order chi connectivity index (χ1) is 10.3. The number of para-hydroxylation sites is 1. The number of ether oxygens (including phenoxy) is 2. The molecule has 0 amide bonds. The average molecular weight is 291 g/mol. The maximum atomic E-state index is 6.27. The molecule has 0 spiro atoms. The molecule has 0 bridgehead atoms. The molecule has 1 aromatic rings. The smallest absolute Gasteiger partial charge is 0.144 e. The second-order valence-corrected chi connectivity index (χ2v) is 5.66. The first-order valence-electron chi connectivity index (χ1n) is 7.87. The van der Waals surface area contributed by atoms with Crippen molar-refractivity contribution in [3.8, 4) is 5.75 Å². The number of hydrogen-bond donors (Lipinski definition) is 1. The van der Waals surface area contributed by atoms with E-state index >= 15 is 0 Å². The Kier molecular flexibility index (Phi) is 4.51. The number of rotatable bonds is 4. The topological polar surface area (TPSA) is 51.0 Å². The Morgan fingerprint density at radius 3 is 2.86 bits per heavy atom. The van der Waals surface area contributed by atoms with Crippen molar-refractivity contribution in [1.82, 2.24) is 4.90 Å². The molecule has 1 unspecified atom stereocenters. The van der Waals surface area contributed by atoms with Crippen LogP contribution in [0.3, 0.4) is 0 Å². The Bertz CT molecular complexity index is 475. The number of nitrogen functional groups attached to an aromatic ring is 1. The third-order valence-corrected chi connectivity index (χ3v) is 4.41. The third-order valence-electron chi connectivity index (χ3n) is 4.41. The molecular formula is C16H25N3O2. The van der Waals surface area contributed by atoms with Crippen molar-refractivity contribution in [3.05, 3.63) is 18.2 Å². The largest absolute Gasteiger partial charge is 0.492 e. The number of benzene rings is 1. The van der Waals surface area contributed by atoms with Gasteiger partial charge in [-0.25, -0.2) is 0 Å². The van der Waals surface area contributed by atoms with Crippen LogP contribution >= 0.6 is 0 Å². The number of nitrogens with zero attached hydrogens (tertiary/aromatic N) is 2. The Balaban J connectivity index is 1.69. The molecule has 2 fully saturated rings. The Morgan fingerprint density at radius 1 is 1.29 bits per heavy atom. The van der Waals surface area contributed by atoms with Gasteiger partial charge in [0.15, 0.2) is 0 Å². The summed E-state index contributed by atoms with van der Waals surface area (Å²) in [5.41, 5.74) is 8.15. The van der Waals surface area contributed by atoms with Crippen molar-refractivity contribution in [2.75, 3.05) is 56.6 Å². The Morgan fingerprint density at radius 2 is 2.10 bits per heavy atom. The van der Waals surface area contributed by atoms with Gasteiger partial charge < -0.3 is 20.1 Å². The molecule has 2 N–H and O–H groups in total. The number of anilines is 2. The molecule has 2 saturated heterocycles. The van der Waals surface area contributed by atoms with Gasteiger partial charge in [-0.1, -0.05) is 6.07 Å². The van der Waals surface area contributed by atoms with Crippen LogP contribution in [0.15, 0.2) is 18.2 Å². The maximum absolute atomic E-state index is 6.27. The standard InChI is InChI=1S/C16H25N3O2/c1-2-21-15-5-3-4-14(16(15)17)19-7-6-13(12-19)18-8-10-20-11-9-18/h3-5,13H,2,6-12,17H2,1H3. The molecule has 2 aliphatic heterocycles. The molecule has 5 nitrogen and oxygen atoms in total. The van der Waals surface area contributed by atoms with Gasteiger partial charge in [0.2, 0.25) is 0 Å². The van der Waals surface area contributed by atoms with E-state index in [1.165, 1.54) is 6.42 Å². The van der Waals surface area contributed by atoms with Gasteiger partial charge in [0, 0.05) is 32.2 Å². The summed E-state index contributed by atoms with van der Waals surface area (Å²) in [7, 11) is 0. The molecule has 2 heterocycles. The Labute approximate surface area is 126 Å². The quantitative estimate of drug-likeness (QED) is 0.854. The highest BCUT2D eigenvalue weighted by molar-refractivity contribution is 5.74. The van der Waals surface area contributed by atoms with Gasteiger partial charge in [0.1, 0.15) is 5.75 Å². The van der Waals surface area contributed by atoms with Crippen molar-refractivity contribution in [2.45, 2.75) is 19.4 Å². The van der Waals surface area contributed by atoms with E-state index in [0.717, 1.165) is 56.5 Å². The lowest BCUT2D eigenvalue weighted by molar-refractivity contribution is 0.0209. The molecule has 1 atom stereocenters. The zero-order chi connectivity index (χ0) is 14.7. The van der Waals surface area contributed by atoms with Gasteiger partial charge in [0.05, 0.1) is 31.2 Å². The van der Waals surface area contributed by atoms with E-state index in [1.54, 1.807) is 0 Å². The van der Waals surface area contributed by atoms with Crippen LogP contribution in [0.4, 0.5) is 11.4 Å². The predicted octanol–water partition coefficient (Wildman–Crippen LogP) is 1.58. The summed E-state index contributed by atoms with van der Waals surface area (Å²) in [6.45, 7) is 8.54. The van der Waals surface area contributed by atoms with Gasteiger partial charge in [-0.15, -0.1) is 0 Å². The lowest BCUT2D eigenvalue weighted by Gasteiger charge is -2.32. The van der Waals surface area contributed by atoms with Crippen molar-refractivity contribution in [2.24, 2.45) is 0 Å². The second-order valence-electron chi connectivity index (χ2n) is 5.66. The number of nitrogens with two attached hydrogens (primary N) is 1. The highest BCUT2D eigenvalue weighted by atomic mass is 16.5. The number of hydrogen-bond acceptors (Lipinski definition) is 5. The highest BCUT2D eigenvalue weighted by Gasteiger charge is 2.29. The van der Waals surface area contributed by atoms with Gasteiger partial charge in [-0.05, 0) is 25.5 Å². The van der Waals surface area contributed by atoms with Gasteiger partial charge in [-0.3, -0.25) is 4.90 Å². The molecule has 0 saturated carbocycles. The molecule has 0 radical (unpaired) electrons. The van der Waals surface area contributed by atoms with Crippen LogP contribution in [0.1, 0.15) is 13.3 Å². The summed E-state index contributed by atoms with van der Waals surface area (Å²) < 4.78 is 11.0. The zero-order valence-corrected chi connectivity index (χ0v) is 12.8. The van der Waals surface area contributed by atoms with Crippen LogP contribution in [0.5, 0.6) is 5.75 Å². The molecule has 1 aromatic carbocycles. The minimum absolute atomic E-state index is 0.615. The lowest BCUT2D eigenvalue weighted by Crippen LogP contribution is -2.44. The van der Waals surface area contributed by atoms with Gasteiger partial charge >= 0.3 is 0 Å². The van der Waals surface area contributed by atoms with E-state index in [4.69, 9.17) is 15.2 Å². The molecule has 0 aliphatic carbocycles. The minimum atomic E-state index is 0.615. The number of morpholine rings is 1. The fourth-order valence-electron chi connectivity index (χ4n) is 3.29. The molecule has 5 heteroatoms. The summed E-state index contributed by atoms with van der Waals surface area (Å²) in [5, 5.41) is 0. The van der Waals surface area contributed by atoms with Crippen LogP contribution in [-0.4, -0.2) is 56.9 Å². The van der Waals surface area contributed by atoms with E-state index in [9.17, 15) is 0 Å². The normalized spacial score (nSPS) is 23.5. The van der Waals surface area contributed by atoms with E-state index in [0.29, 0.717) is 12.6 Å².